The van der Waals surface area contributed by atoms with Crippen LogP contribution < -0.4 is 4.90 Å². The second-order valence-electron chi connectivity index (χ2n) is 17.3. The standard InChI is InChI=1S/C61H43NS/c1-61(2)56-21-7-5-18-52(56)53-35-30-49(39-57(53)61)42-28-33-51(34-29-42)62(58-22-11-20-55-54-19-6-8-23-59(54)63-60(55)58)50-31-26-41(27-32-50)44-14-9-15-45(36-44)46-16-10-17-47(38-46)48-25-24-40-12-3-4-13-43(40)37-48/h3-39H,1-2H3. The van der Waals surface area contributed by atoms with E-state index in [1.54, 1.807) is 0 Å². The van der Waals surface area contributed by atoms with Gasteiger partial charge in [0, 0.05) is 32.3 Å². The first-order valence-corrected chi connectivity index (χ1v) is 22.6. The van der Waals surface area contributed by atoms with Crippen LogP contribution in [0.15, 0.2) is 224 Å². The molecule has 0 N–H and O–H groups in total. The average molecular weight is 822 g/mol. The molecule has 11 aromatic rings. The van der Waals surface area contributed by atoms with Crippen molar-refractivity contribution >= 4 is 59.3 Å². The topological polar surface area (TPSA) is 3.24 Å². The Balaban J connectivity index is 0.902. The maximum absolute atomic E-state index is 2.43. The van der Waals surface area contributed by atoms with Crippen LogP contribution in [0.4, 0.5) is 17.1 Å². The molecule has 0 fully saturated rings. The van der Waals surface area contributed by atoms with E-state index in [9.17, 15) is 0 Å². The Morgan fingerprint density at radius 3 is 1.57 bits per heavy atom. The van der Waals surface area contributed by atoms with Crippen molar-refractivity contribution < 1.29 is 0 Å². The van der Waals surface area contributed by atoms with Crippen LogP contribution in [0.25, 0.3) is 86.6 Å². The van der Waals surface area contributed by atoms with E-state index in [-0.39, 0.29) is 5.41 Å². The number of anilines is 3. The van der Waals surface area contributed by atoms with Crippen molar-refractivity contribution in [2.75, 3.05) is 4.90 Å². The zero-order chi connectivity index (χ0) is 42.1. The molecule has 1 aliphatic carbocycles. The van der Waals surface area contributed by atoms with Gasteiger partial charge >= 0.3 is 0 Å². The molecule has 1 heterocycles. The van der Waals surface area contributed by atoms with E-state index in [2.05, 4.69) is 243 Å². The zero-order valence-electron chi connectivity index (χ0n) is 35.2. The van der Waals surface area contributed by atoms with Crippen LogP contribution in [0.5, 0.6) is 0 Å². The van der Waals surface area contributed by atoms with Gasteiger partial charge in [0.1, 0.15) is 0 Å². The molecule has 2 heteroatoms. The quantitative estimate of drug-likeness (QED) is 0.155. The normalized spacial score (nSPS) is 12.7. The van der Waals surface area contributed by atoms with Crippen molar-refractivity contribution in [1.82, 2.24) is 0 Å². The molecule has 298 valence electrons. The second-order valence-corrected chi connectivity index (χ2v) is 18.4. The first-order chi connectivity index (χ1) is 31.0. The van der Waals surface area contributed by atoms with Gasteiger partial charge in [-0.25, -0.2) is 0 Å². The van der Waals surface area contributed by atoms with Gasteiger partial charge in [-0.15, -0.1) is 11.3 Å². The van der Waals surface area contributed by atoms with Crippen LogP contribution in [0.1, 0.15) is 25.0 Å². The molecule has 0 saturated carbocycles. The summed E-state index contributed by atoms with van der Waals surface area (Å²) in [5.41, 5.74) is 18.6. The van der Waals surface area contributed by atoms with Crippen molar-refractivity contribution in [3.05, 3.63) is 236 Å². The van der Waals surface area contributed by atoms with Gasteiger partial charge in [-0.1, -0.05) is 178 Å². The molecule has 1 aliphatic rings. The number of nitrogens with zero attached hydrogens (tertiary/aromatic N) is 1. The molecule has 0 bridgehead atoms. The summed E-state index contributed by atoms with van der Waals surface area (Å²) in [5, 5.41) is 5.10. The molecule has 0 radical (unpaired) electrons. The molecule has 0 saturated heterocycles. The highest BCUT2D eigenvalue weighted by atomic mass is 32.1. The molecule has 0 atom stereocenters. The third-order valence-corrected chi connectivity index (χ3v) is 14.5. The summed E-state index contributed by atoms with van der Waals surface area (Å²) in [6, 6.07) is 82.8. The van der Waals surface area contributed by atoms with Crippen LogP contribution in [-0.4, -0.2) is 0 Å². The first kappa shape index (κ1) is 37.3. The smallest absolute Gasteiger partial charge is 0.0640 e. The Morgan fingerprint density at radius 2 is 0.857 bits per heavy atom. The largest absolute Gasteiger partial charge is 0.309 e. The summed E-state index contributed by atoms with van der Waals surface area (Å²) >= 11 is 1.87. The molecule has 0 unspecified atom stereocenters. The van der Waals surface area contributed by atoms with E-state index in [1.807, 2.05) is 11.3 Å². The van der Waals surface area contributed by atoms with Gasteiger partial charge in [-0.3, -0.25) is 0 Å². The molecule has 12 rings (SSSR count). The van der Waals surface area contributed by atoms with E-state index in [1.165, 1.54) is 103 Å². The maximum Gasteiger partial charge on any atom is 0.0640 e. The van der Waals surface area contributed by atoms with Crippen molar-refractivity contribution in [2.45, 2.75) is 19.3 Å². The molecular weight excluding hydrogens is 779 g/mol. The van der Waals surface area contributed by atoms with Gasteiger partial charge in [-0.05, 0) is 138 Å². The zero-order valence-corrected chi connectivity index (χ0v) is 36.0. The Labute approximate surface area is 372 Å². The van der Waals surface area contributed by atoms with Crippen molar-refractivity contribution in [1.29, 1.82) is 0 Å². The molecule has 0 aliphatic heterocycles. The number of hydrogen-bond acceptors (Lipinski definition) is 2. The fraction of sp³-hybridized carbons (Fsp3) is 0.0492. The second kappa shape index (κ2) is 14.8. The van der Waals surface area contributed by atoms with Crippen molar-refractivity contribution in [2.24, 2.45) is 0 Å². The van der Waals surface area contributed by atoms with Crippen LogP contribution >= 0.6 is 11.3 Å². The van der Waals surface area contributed by atoms with Crippen LogP contribution in [0, 0.1) is 0 Å². The number of benzene rings is 10. The molecule has 1 aromatic heterocycles. The first-order valence-electron chi connectivity index (χ1n) is 21.8. The minimum Gasteiger partial charge on any atom is -0.309 e. The molecule has 0 spiro atoms. The Kier molecular flexibility index (Phi) is 8.77. The number of thiophene rings is 1. The Bertz CT molecular complexity index is 3540. The predicted octanol–water partition coefficient (Wildman–Crippen LogP) is 17.7. The minimum atomic E-state index is -0.0431. The summed E-state index contributed by atoms with van der Waals surface area (Å²) in [7, 11) is 0. The molecule has 0 amide bonds. The SMILES string of the molecule is CC1(C)c2ccccc2-c2ccc(-c3ccc(N(c4ccc(-c5cccc(-c6cccc(-c7ccc8ccccc8c7)c6)c5)cc4)c4cccc5c4sc4ccccc45)cc3)cc21. The minimum absolute atomic E-state index is 0.0431. The highest BCUT2D eigenvalue weighted by Crippen LogP contribution is 2.50. The summed E-state index contributed by atoms with van der Waals surface area (Å²) in [4.78, 5) is 2.43. The van der Waals surface area contributed by atoms with E-state index < -0.39 is 0 Å². The number of fused-ring (bicyclic) bond motifs is 7. The fourth-order valence-corrected chi connectivity index (χ4v) is 11.2. The van der Waals surface area contributed by atoms with Crippen molar-refractivity contribution in [3.8, 4) is 55.6 Å². The highest BCUT2D eigenvalue weighted by molar-refractivity contribution is 7.26. The monoisotopic (exact) mass is 821 g/mol. The molecular formula is C61H43NS. The maximum atomic E-state index is 2.43. The van der Waals surface area contributed by atoms with Gasteiger partial charge < -0.3 is 4.90 Å². The van der Waals surface area contributed by atoms with Gasteiger partial charge in [0.15, 0.2) is 0 Å². The lowest BCUT2D eigenvalue weighted by molar-refractivity contribution is 0.660. The van der Waals surface area contributed by atoms with Crippen LogP contribution in [0.2, 0.25) is 0 Å². The molecule has 63 heavy (non-hydrogen) atoms. The third-order valence-electron chi connectivity index (χ3n) is 13.3. The van der Waals surface area contributed by atoms with Crippen molar-refractivity contribution in [3.63, 3.8) is 0 Å². The summed E-state index contributed by atoms with van der Waals surface area (Å²) in [5.74, 6) is 0. The van der Waals surface area contributed by atoms with Gasteiger partial charge in [0.05, 0.1) is 10.4 Å². The summed E-state index contributed by atoms with van der Waals surface area (Å²) < 4.78 is 2.58. The molecule has 1 nitrogen and oxygen atoms in total. The Morgan fingerprint density at radius 1 is 0.349 bits per heavy atom. The van der Waals surface area contributed by atoms with Crippen LogP contribution in [-0.2, 0) is 5.41 Å². The van der Waals surface area contributed by atoms with E-state index in [4.69, 9.17) is 0 Å². The summed E-state index contributed by atoms with van der Waals surface area (Å²) in [6.45, 7) is 4.70. The lowest BCUT2D eigenvalue weighted by atomic mass is 9.81. The number of hydrogen-bond donors (Lipinski definition) is 0. The van der Waals surface area contributed by atoms with E-state index in [0.29, 0.717) is 0 Å². The van der Waals surface area contributed by atoms with Gasteiger partial charge in [0.2, 0.25) is 0 Å². The van der Waals surface area contributed by atoms with E-state index in [0.717, 1.165) is 11.4 Å². The summed E-state index contributed by atoms with van der Waals surface area (Å²) in [6.07, 6.45) is 0. The van der Waals surface area contributed by atoms with Crippen LogP contribution in [0.3, 0.4) is 0 Å². The Hall–Kier alpha value is -7.52. The van der Waals surface area contributed by atoms with Gasteiger partial charge in [-0.2, -0.15) is 0 Å². The van der Waals surface area contributed by atoms with E-state index >= 15 is 0 Å². The highest BCUT2D eigenvalue weighted by Gasteiger charge is 2.35. The average Bonchev–Trinajstić information content (AvgIpc) is 3.84. The number of rotatable bonds is 7. The lowest BCUT2D eigenvalue weighted by Crippen LogP contribution is -2.14. The van der Waals surface area contributed by atoms with Gasteiger partial charge in [0.25, 0.3) is 0 Å². The third kappa shape index (κ3) is 6.37. The molecule has 10 aromatic carbocycles. The lowest BCUT2D eigenvalue weighted by Gasteiger charge is -2.26. The fourth-order valence-electron chi connectivity index (χ4n) is 9.95. The predicted molar refractivity (Wildman–Crippen MR) is 271 cm³/mol.